The number of hydrogen-bond donors (Lipinski definition) is 1. The highest BCUT2D eigenvalue weighted by molar-refractivity contribution is 7.18. The van der Waals surface area contributed by atoms with E-state index in [0.717, 1.165) is 24.5 Å². The third-order valence-corrected chi connectivity index (χ3v) is 4.81. The molecule has 102 valence electrons. The van der Waals surface area contributed by atoms with Crippen LogP contribution >= 0.6 is 11.3 Å². The van der Waals surface area contributed by atoms with Crippen molar-refractivity contribution in [1.82, 2.24) is 15.2 Å². The van der Waals surface area contributed by atoms with E-state index in [1.165, 1.54) is 35.6 Å². The minimum absolute atomic E-state index is 0.799. The first kappa shape index (κ1) is 13.0. The molecule has 1 unspecified atom stereocenters. The Morgan fingerprint density at radius 1 is 1.42 bits per heavy atom. The van der Waals surface area contributed by atoms with E-state index >= 15 is 0 Å². The van der Waals surface area contributed by atoms with Crippen molar-refractivity contribution in [3.63, 3.8) is 0 Å². The minimum Gasteiger partial charge on any atom is -0.310 e. The van der Waals surface area contributed by atoms with Gasteiger partial charge in [0.05, 0.1) is 10.2 Å². The summed E-state index contributed by atoms with van der Waals surface area (Å²) < 4.78 is 1.29. The number of thiazole rings is 1. The van der Waals surface area contributed by atoms with E-state index < -0.39 is 0 Å². The molecule has 3 rings (SSSR count). The van der Waals surface area contributed by atoms with E-state index in [4.69, 9.17) is 0 Å². The maximum atomic E-state index is 4.66. The standard InChI is InChI=1S/C15H21N3S/c1-18-8-4-5-12(11-18)9-16-10-15-17-13-6-2-3-7-14(13)19-15/h2-3,6-7,12,16H,4-5,8-11H2,1H3. The summed E-state index contributed by atoms with van der Waals surface area (Å²) in [5.41, 5.74) is 1.13. The maximum Gasteiger partial charge on any atom is 0.108 e. The van der Waals surface area contributed by atoms with Gasteiger partial charge in [-0.25, -0.2) is 4.98 Å². The van der Waals surface area contributed by atoms with Crippen LogP contribution in [0.2, 0.25) is 0 Å². The molecule has 19 heavy (non-hydrogen) atoms. The average Bonchev–Trinajstić information content (AvgIpc) is 2.81. The van der Waals surface area contributed by atoms with Crippen LogP contribution < -0.4 is 5.32 Å². The van der Waals surface area contributed by atoms with Crippen LogP contribution in [0.4, 0.5) is 0 Å². The van der Waals surface area contributed by atoms with Crippen molar-refractivity contribution in [1.29, 1.82) is 0 Å². The normalized spacial score (nSPS) is 21.0. The SMILES string of the molecule is CN1CCCC(CNCc2nc3ccccc3s2)C1. The van der Waals surface area contributed by atoms with Gasteiger partial charge in [-0.2, -0.15) is 0 Å². The summed E-state index contributed by atoms with van der Waals surface area (Å²) in [5, 5.41) is 4.77. The van der Waals surface area contributed by atoms with Crippen molar-refractivity contribution in [3.8, 4) is 0 Å². The van der Waals surface area contributed by atoms with Gasteiger partial charge in [-0.1, -0.05) is 12.1 Å². The van der Waals surface area contributed by atoms with E-state index in [-0.39, 0.29) is 0 Å². The first-order valence-electron chi connectivity index (χ1n) is 7.05. The van der Waals surface area contributed by atoms with E-state index in [9.17, 15) is 0 Å². The Labute approximate surface area is 118 Å². The highest BCUT2D eigenvalue weighted by Gasteiger charge is 2.16. The molecule has 1 fully saturated rings. The second-order valence-electron chi connectivity index (χ2n) is 5.48. The number of piperidine rings is 1. The van der Waals surface area contributed by atoms with Gasteiger partial charge in [0.15, 0.2) is 0 Å². The van der Waals surface area contributed by atoms with Gasteiger partial charge in [0.2, 0.25) is 0 Å². The predicted molar refractivity (Wildman–Crippen MR) is 81.5 cm³/mol. The lowest BCUT2D eigenvalue weighted by Crippen LogP contribution is -2.37. The van der Waals surface area contributed by atoms with E-state index in [2.05, 4.69) is 46.5 Å². The number of nitrogens with one attached hydrogen (secondary N) is 1. The van der Waals surface area contributed by atoms with Crippen molar-refractivity contribution in [2.45, 2.75) is 19.4 Å². The third-order valence-electron chi connectivity index (χ3n) is 3.77. The van der Waals surface area contributed by atoms with Gasteiger partial charge in [-0.3, -0.25) is 0 Å². The Bertz CT molecular complexity index is 504. The topological polar surface area (TPSA) is 28.2 Å². The first-order chi connectivity index (χ1) is 9.31. The Morgan fingerprint density at radius 2 is 2.32 bits per heavy atom. The average molecular weight is 275 g/mol. The highest BCUT2D eigenvalue weighted by Crippen LogP contribution is 2.21. The molecular weight excluding hydrogens is 254 g/mol. The monoisotopic (exact) mass is 275 g/mol. The summed E-state index contributed by atoms with van der Waals surface area (Å²) in [6.07, 6.45) is 2.70. The Morgan fingerprint density at radius 3 is 3.16 bits per heavy atom. The molecule has 1 aliphatic heterocycles. The lowest BCUT2D eigenvalue weighted by atomic mass is 9.98. The molecule has 0 aliphatic carbocycles. The van der Waals surface area contributed by atoms with Crippen molar-refractivity contribution < 1.29 is 0 Å². The fourth-order valence-electron chi connectivity index (χ4n) is 2.82. The first-order valence-corrected chi connectivity index (χ1v) is 7.86. The molecule has 3 nitrogen and oxygen atoms in total. The molecule has 1 atom stereocenters. The van der Waals surface area contributed by atoms with Crippen molar-refractivity contribution in [3.05, 3.63) is 29.3 Å². The zero-order valence-electron chi connectivity index (χ0n) is 11.4. The number of para-hydroxylation sites is 1. The van der Waals surface area contributed by atoms with Gasteiger partial charge in [0.25, 0.3) is 0 Å². The molecule has 1 aliphatic rings. The number of likely N-dealkylation sites (tertiary alicyclic amines) is 1. The van der Waals surface area contributed by atoms with Crippen LogP contribution in [0.5, 0.6) is 0 Å². The van der Waals surface area contributed by atoms with Crippen LogP contribution in [0, 0.1) is 5.92 Å². The fourth-order valence-corrected chi connectivity index (χ4v) is 3.76. The molecule has 2 heterocycles. The van der Waals surface area contributed by atoms with Gasteiger partial charge >= 0.3 is 0 Å². The Balaban J connectivity index is 1.51. The minimum atomic E-state index is 0.799. The second-order valence-corrected chi connectivity index (χ2v) is 6.59. The van der Waals surface area contributed by atoms with Crippen LogP contribution in [0.3, 0.4) is 0 Å². The van der Waals surface area contributed by atoms with Gasteiger partial charge in [0.1, 0.15) is 5.01 Å². The molecule has 1 aromatic heterocycles. The molecule has 0 saturated carbocycles. The summed E-state index contributed by atoms with van der Waals surface area (Å²) in [4.78, 5) is 7.09. The van der Waals surface area contributed by atoms with Crippen LogP contribution in [0.15, 0.2) is 24.3 Å². The van der Waals surface area contributed by atoms with Gasteiger partial charge in [-0.05, 0) is 51.0 Å². The smallest absolute Gasteiger partial charge is 0.108 e. The molecule has 0 amide bonds. The number of nitrogens with zero attached hydrogens (tertiary/aromatic N) is 2. The molecule has 1 saturated heterocycles. The fraction of sp³-hybridized carbons (Fsp3) is 0.533. The van der Waals surface area contributed by atoms with Crippen molar-refractivity contribution >= 4 is 21.6 Å². The van der Waals surface area contributed by atoms with E-state index in [1.54, 1.807) is 11.3 Å². The van der Waals surface area contributed by atoms with Crippen molar-refractivity contribution in [2.24, 2.45) is 5.92 Å². The number of fused-ring (bicyclic) bond motifs is 1. The summed E-state index contributed by atoms with van der Waals surface area (Å²) in [6, 6.07) is 8.37. The molecule has 2 aromatic rings. The molecule has 1 aromatic carbocycles. The highest BCUT2D eigenvalue weighted by atomic mass is 32.1. The third kappa shape index (κ3) is 3.32. The van der Waals surface area contributed by atoms with E-state index in [1.807, 2.05) is 0 Å². The lowest BCUT2D eigenvalue weighted by molar-refractivity contribution is 0.206. The second kappa shape index (κ2) is 5.99. The molecular formula is C15H21N3S. The Kier molecular flexibility index (Phi) is 4.11. The largest absolute Gasteiger partial charge is 0.310 e. The van der Waals surface area contributed by atoms with E-state index in [0.29, 0.717) is 0 Å². The number of rotatable bonds is 4. The molecule has 0 radical (unpaired) electrons. The van der Waals surface area contributed by atoms with Gasteiger partial charge in [-0.15, -0.1) is 11.3 Å². The summed E-state index contributed by atoms with van der Waals surface area (Å²) >= 11 is 1.80. The van der Waals surface area contributed by atoms with Gasteiger partial charge in [0, 0.05) is 13.1 Å². The quantitative estimate of drug-likeness (QED) is 0.930. The van der Waals surface area contributed by atoms with Crippen LogP contribution in [0.1, 0.15) is 17.8 Å². The maximum absolute atomic E-state index is 4.66. The molecule has 0 bridgehead atoms. The molecule has 0 spiro atoms. The summed E-state index contributed by atoms with van der Waals surface area (Å²) in [7, 11) is 2.22. The number of benzene rings is 1. The number of aromatic nitrogens is 1. The zero-order valence-corrected chi connectivity index (χ0v) is 12.2. The molecule has 1 N–H and O–H groups in total. The van der Waals surface area contributed by atoms with Crippen LogP contribution in [-0.4, -0.2) is 36.6 Å². The lowest BCUT2D eigenvalue weighted by Gasteiger charge is -2.29. The Hall–Kier alpha value is -0.970. The van der Waals surface area contributed by atoms with Gasteiger partial charge < -0.3 is 10.2 Å². The summed E-state index contributed by atoms with van der Waals surface area (Å²) in [6.45, 7) is 4.50. The predicted octanol–water partition coefficient (Wildman–Crippen LogP) is 2.73. The summed E-state index contributed by atoms with van der Waals surface area (Å²) in [5.74, 6) is 0.799. The van der Waals surface area contributed by atoms with Crippen molar-refractivity contribution in [2.75, 3.05) is 26.7 Å². The van der Waals surface area contributed by atoms with Crippen LogP contribution in [-0.2, 0) is 6.54 Å². The zero-order chi connectivity index (χ0) is 13.1. The number of hydrogen-bond acceptors (Lipinski definition) is 4. The molecule has 4 heteroatoms. The van der Waals surface area contributed by atoms with Crippen LogP contribution in [0.25, 0.3) is 10.2 Å².